The van der Waals surface area contributed by atoms with Gasteiger partial charge in [0.1, 0.15) is 0 Å². The molecule has 1 aliphatic rings. The van der Waals surface area contributed by atoms with Gasteiger partial charge in [-0.3, -0.25) is 14.8 Å². The number of carbonyl (C=O) groups is 1. The molecule has 182 valence electrons. The van der Waals surface area contributed by atoms with Crippen molar-refractivity contribution in [1.82, 2.24) is 9.97 Å². The fraction of sp³-hybridized carbons (Fsp3) is 0.129. The first-order valence-electron chi connectivity index (χ1n) is 12.6. The SMILES string of the molecule is O=C(Nc1ccc(Nc2ccncc2)cc1)c1ccc(Nc2ccnc3ccc(C4CCC4)cc23)cc1. The van der Waals surface area contributed by atoms with Crippen LogP contribution in [-0.2, 0) is 0 Å². The highest BCUT2D eigenvalue weighted by molar-refractivity contribution is 6.04. The molecule has 6 nitrogen and oxygen atoms in total. The molecular weight excluding hydrogens is 458 g/mol. The van der Waals surface area contributed by atoms with E-state index < -0.39 is 0 Å². The molecule has 37 heavy (non-hydrogen) atoms. The van der Waals surface area contributed by atoms with E-state index in [0.717, 1.165) is 39.3 Å². The first kappa shape index (κ1) is 22.7. The highest BCUT2D eigenvalue weighted by Gasteiger charge is 2.20. The van der Waals surface area contributed by atoms with Gasteiger partial charge in [0.05, 0.1) is 5.52 Å². The quantitative estimate of drug-likeness (QED) is 0.221. The van der Waals surface area contributed by atoms with Crippen LogP contribution in [0.5, 0.6) is 0 Å². The molecular formula is C31H27N5O. The average Bonchev–Trinajstić information content (AvgIpc) is 2.90. The number of anilines is 5. The van der Waals surface area contributed by atoms with Gasteiger partial charge in [0.25, 0.3) is 5.91 Å². The summed E-state index contributed by atoms with van der Waals surface area (Å²) in [5, 5.41) is 10.9. The molecule has 0 unspecified atom stereocenters. The number of aromatic nitrogens is 2. The maximum absolute atomic E-state index is 12.8. The summed E-state index contributed by atoms with van der Waals surface area (Å²) < 4.78 is 0. The Bertz CT molecular complexity index is 1530. The Kier molecular flexibility index (Phi) is 6.21. The maximum atomic E-state index is 12.8. The van der Waals surface area contributed by atoms with E-state index in [-0.39, 0.29) is 5.91 Å². The maximum Gasteiger partial charge on any atom is 0.255 e. The number of nitrogens with one attached hydrogen (secondary N) is 3. The molecule has 1 amide bonds. The van der Waals surface area contributed by atoms with E-state index in [1.807, 2.05) is 72.9 Å². The molecule has 1 saturated carbocycles. The van der Waals surface area contributed by atoms with Crippen molar-refractivity contribution < 1.29 is 4.79 Å². The smallest absolute Gasteiger partial charge is 0.255 e. The standard InChI is InChI=1S/C31H27N5O/c37-31(36-26-11-9-24(10-12-26)34-27-14-17-32-18-15-27)22-4-7-25(8-5-22)35-30-16-19-33-29-13-6-23(20-28(29)30)21-2-1-3-21/h4-21H,1-3H2,(H,32,34)(H,33,35)(H,36,37). The van der Waals surface area contributed by atoms with Crippen LogP contribution >= 0.6 is 0 Å². The summed E-state index contributed by atoms with van der Waals surface area (Å²) in [6.45, 7) is 0. The molecule has 0 bridgehead atoms. The van der Waals surface area contributed by atoms with E-state index in [1.165, 1.54) is 24.8 Å². The van der Waals surface area contributed by atoms with Crippen LogP contribution in [0.15, 0.2) is 104 Å². The van der Waals surface area contributed by atoms with Crippen molar-refractivity contribution in [3.8, 4) is 0 Å². The Labute approximate surface area is 215 Å². The van der Waals surface area contributed by atoms with Crippen LogP contribution in [0.25, 0.3) is 10.9 Å². The zero-order chi connectivity index (χ0) is 25.0. The summed E-state index contributed by atoms with van der Waals surface area (Å²) >= 11 is 0. The topological polar surface area (TPSA) is 78.9 Å². The summed E-state index contributed by atoms with van der Waals surface area (Å²) in [5.74, 6) is 0.519. The van der Waals surface area contributed by atoms with Gasteiger partial charge in [0.2, 0.25) is 0 Å². The number of nitrogens with zero attached hydrogens (tertiary/aromatic N) is 2. The lowest BCUT2D eigenvalue weighted by Gasteiger charge is -2.26. The van der Waals surface area contributed by atoms with Gasteiger partial charge in [-0.1, -0.05) is 12.5 Å². The van der Waals surface area contributed by atoms with Gasteiger partial charge in [0, 0.05) is 58.0 Å². The number of pyridine rings is 2. The van der Waals surface area contributed by atoms with E-state index in [1.54, 1.807) is 12.4 Å². The average molecular weight is 486 g/mol. The van der Waals surface area contributed by atoms with Crippen LogP contribution in [0, 0.1) is 0 Å². The molecule has 0 atom stereocenters. The van der Waals surface area contributed by atoms with Gasteiger partial charge >= 0.3 is 0 Å². The van der Waals surface area contributed by atoms with Crippen LogP contribution in [0.3, 0.4) is 0 Å². The minimum Gasteiger partial charge on any atom is -0.355 e. The van der Waals surface area contributed by atoms with Gasteiger partial charge < -0.3 is 16.0 Å². The number of rotatable bonds is 7. The van der Waals surface area contributed by atoms with Crippen molar-refractivity contribution in [2.24, 2.45) is 0 Å². The molecule has 0 spiro atoms. The first-order chi connectivity index (χ1) is 18.2. The second kappa shape index (κ2) is 10.1. The largest absolute Gasteiger partial charge is 0.355 e. The van der Waals surface area contributed by atoms with Crippen molar-refractivity contribution in [3.63, 3.8) is 0 Å². The van der Waals surface area contributed by atoms with Crippen molar-refractivity contribution in [2.75, 3.05) is 16.0 Å². The van der Waals surface area contributed by atoms with Crippen LogP contribution in [0.4, 0.5) is 28.4 Å². The van der Waals surface area contributed by atoms with E-state index >= 15 is 0 Å². The second-order valence-corrected chi connectivity index (χ2v) is 9.36. The molecule has 0 radical (unpaired) electrons. The summed E-state index contributed by atoms with van der Waals surface area (Å²) in [6.07, 6.45) is 9.16. The van der Waals surface area contributed by atoms with Gasteiger partial charge in [-0.15, -0.1) is 0 Å². The Hall–Kier alpha value is -4.71. The molecule has 2 heterocycles. The second-order valence-electron chi connectivity index (χ2n) is 9.36. The molecule has 1 aliphatic carbocycles. The summed E-state index contributed by atoms with van der Waals surface area (Å²) in [4.78, 5) is 21.4. The number of benzene rings is 3. The van der Waals surface area contributed by atoms with Crippen LogP contribution in [0.1, 0.15) is 41.1 Å². The lowest BCUT2D eigenvalue weighted by molar-refractivity contribution is 0.102. The molecule has 2 aromatic heterocycles. The van der Waals surface area contributed by atoms with Crippen LogP contribution < -0.4 is 16.0 Å². The third-order valence-electron chi connectivity index (χ3n) is 6.88. The molecule has 1 fully saturated rings. The predicted molar refractivity (Wildman–Crippen MR) is 150 cm³/mol. The third kappa shape index (κ3) is 5.14. The van der Waals surface area contributed by atoms with Gasteiger partial charge in [-0.05, 0) is 103 Å². The lowest BCUT2D eigenvalue weighted by Crippen LogP contribution is -2.11. The fourth-order valence-corrected chi connectivity index (χ4v) is 4.57. The van der Waals surface area contributed by atoms with E-state index in [0.29, 0.717) is 11.5 Å². The summed E-state index contributed by atoms with van der Waals surface area (Å²) in [6, 6.07) is 27.5. The van der Waals surface area contributed by atoms with Crippen molar-refractivity contribution in [3.05, 3.63) is 115 Å². The molecule has 6 heteroatoms. The molecule has 0 aliphatic heterocycles. The van der Waals surface area contributed by atoms with E-state index in [4.69, 9.17) is 0 Å². The molecule has 5 aromatic rings. The Morgan fingerprint density at radius 3 is 2.11 bits per heavy atom. The Morgan fingerprint density at radius 2 is 1.38 bits per heavy atom. The molecule has 0 saturated heterocycles. The molecule has 3 N–H and O–H groups in total. The predicted octanol–water partition coefficient (Wildman–Crippen LogP) is 7.64. The highest BCUT2D eigenvalue weighted by Crippen LogP contribution is 2.38. The summed E-state index contributed by atoms with van der Waals surface area (Å²) in [5.41, 5.74) is 7.53. The molecule has 3 aromatic carbocycles. The van der Waals surface area contributed by atoms with Crippen molar-refractivity contribution in [1.29, 1.82) is 0 Å². The van der Waals surface area contributed by atoms with Gasteiger partial charge in [0.15, 0.2) is 0 Å². The molecule has 6 rings (SSSR count). The van der Waals surface area contributed by atoms with E-state index in [9.17, 15) is 4.79 Å². The normalized spacial score (nSPS) is 13.1. The van der Waals surface area contributed by atoms with Crippen LogP contribution in [0.2, 0.25) is 0 Å². The third-order valence-corrected chi connectivity index (χ3v) is 6.88. The Balaban J connectivity index is 1.12. The van der Waals surface area contributed by atoms with Gasteiger partial charge in [-0.25, -0.2) is 0 Å². The highest BCUT2D eigenvalue weighted by atomic mass is 16.1. The number of fused-ring (bicyclic) bond motifs is 1. The zero-order valence-electron chi connectivity index (χ0n) is 20.3. The van der Waals surface area contributed by atoms with Crippen molar-refractivity contribution >= 4 is 45.2 Å². The van der Waals surface area contributed by atoms with Crippen LogP contribution in [-0.4, -0.2) is 15.9 Å². The number of hydrogen-bond donors (Lipinski definition) is 3. The van der Waals surface area contributed by atoms with Crippen molar-refractivity contribution in [2.45, 2.75) is 25.2 Å². The number of amides is 1. The number of carbonyl (C=O) groups excluding carboxylic acids is 1. The minimum atomic E-state index is -0.152. The van der Waals surface area contributed by atoms with E-state index in [2.05, 4.69) is 44.1 Å². The minimum absolute atomic E-state index is 0.152. The lowest BCUT2D eigenvalue weighted by atomic mass is 9.80. The zero-order valence-corrected chi connectivity index (χ0v) is 20.3. The first-order valence-corrected chi connectivity index (χ1v) is 12.6. The summed E-state index contributed by atoms with van der Waals surface area (Å²) in [7, 11) is 0. The fourth-order valence-electron chi connectivity index (χ4n) is 4.57. The van der Waals surface area contributed by atoms with Gasteiger partial charge in [-0.2, -0.15) is 0 Å². The number of hydrogen-bond acceptors (Lipinski definition) is 5. The monoisotopic (exact) mass is 485 g/mol. The Morgan fingerprint density at radius 1 is 0.703 bits per heavy atom.